The number of halogens is 4. The highest BCUT2D eigenvalue weighted by Crippen LogP contribution is 2.27. The molecular formula is C21H32F4O9. The van der Waals surface area contributed by atoms with Gasteiger partial charge in [-0.05, 0) is 0 Å². The molecule has 0 bridgehead atoms. The summed E-state index contributed by atoms with van der Waals surface area (Å²) in [5, 5.41) is 19.0. The minimum absolute atomic E-state index is 0.0217. The Balaban J connectivity index is 3.81. The first-order chi connectivity index (χ1) is 16.1. The van der Waals surface area contributed by atoms with E-state index in [1.807, 2.05) is 0 Å². The zero-order valence-electron chi connectivity index (χ0n) is 18.8. The summed E-state index contributed by atoms with van der Waals surface area (Å²) >= 11 is 0. The quantitative estimate of drug-likeness (QED) is 0.0913. The molecule has 13 heteroatoms. The Labute approximate surface area is 196 Å². The lowest BCUT2D eigenvalue weighted by Crippen LogP contribution is -2.40. The van der Waals surface area contributed by atoms with E-state index in [1.54, 1.807) is 0 Å². The average Bonchev–Trinajstić information content (AvgIpc) is 2.75. The number of hydrogen-bond donors (Lipinski definition) is 2. The Morgan fingerprint density at radius 3 is 1.53 bits per heavy atom. The predicted molar refractivity (Wildman–Crippen MR) is 110 cm³/mol. The number of hydrogen-bond acceptors (Lipinski definition) is 9. The van der Waals surface area contributed by atoms with Gasteiger partial charge in [-0.15, -0.1) is 24.7 Å². The summed E-state index contributed by atoms with van der Waals surface area (Å²) in [4.78, 5) is 0. The van der Waals surface area contributed by atoms with Crippen LogP contribution in [-0.2, 0) is 33.2 Å². The molecule has 198 valence electrons. The summed E-state index contributed by atoms with van der Waals surface area (Å²) in [7, 11) is 0. The maximum Gasteiger partial charge on any atom is 0.383 e. The van der Waals surface area contributed by atoms with Gasteiger partial charge in [0.2, 0.25) is 0 Å². The molecule has 34 heavy (non-hydrogen) atoms. The van der Waals surface area contributed by atoms with Crippen LogP contribution in [0.3, 0.4) is 0 Å². The lowest BCUT2D eigenvalue weighted by Gasteiger charge is -2.24. The Morgan fingerprint density at radius 1 is 0.618 bits per heavy atom. The van der Waals surface area contributed by atoms with Gasteiger partial charge < -0.3 is 38.6 Å². The molecule has 0 amide bonds. The maximum atomic E-state index is 13.5. The third-order valence-electron chi connectivity index (χ3n) is 3.40. The van der Waals surface area contributed by atoms with E-state index in [1.165, 1.54) is 0 Å². The van der Waals surface area contributed by atoms with E-state index in [9.17, 15) is 27.8 Å². The fourth-order valence-electron chi connectivity index (χ4n) is 2.00. The number of ether oxygens (including phenoxy) is 7. The second-order valence-electron chi connectivity index (χ2n) is 6.71. The van der Waals surface area contributed by atoms with Crippen LogP contribution in [0.1, 0.15) is 12.8 Å². The Kier molecular flexibility index (Phi) is 18.9. The SMILES string of the molecule is C#CCCOCC(O)COCCOCOCC(F)(F)OC(F)(F)COCC(O)COCCC#C. The van der Waals surface area contributed by atoms with Gasteiger partial charge >= 0.3 is 12.2 Å². The fraction of sp³-hybridized carbons (Fsp3) is 0.810. The summed E-state index contributed by atoms with van der Waals surface area (Å²) in [6.45, 7) is -4.00. The van der Waals surface area contributed by atoms with Gasteiger partial charge in [0.15, 0.2) is 0 Å². The molecular weight excluding hydrogens is 472 g/mol. The molecule has 0 aromatic rings. The number of aliphatic hydroxyl groups is 2. The summed E-state index contributed by atoms with van der Waals surface area (Å²) in [5.74, 6) is 4.68. The monoisotopic (exact) mass is 504 g/mol. The van der Waals surface area contributed by atoms with Crippen molar-refractivity contribution in [2.24, 2.45) is 0 Å². The van der Waals surface area contributed by atoms with E-state index in [4.69, 9.17) is 31.8 Å². The zero-order valence-corrected chi connectivity index (χ0v) is 18.8. The molecule has 0 aromatic carbocycles. The van der Waals surface area contributed by atoms with Crippen LogP contribution in [0.5, 0.6) is 0 Å². The molecule has 2 atom stereocenters. The summed E-state index contributed by atoms with van der Waals surface area (Å²) in [6, 6.07) is 0. The van der Waals surface area contributed by atoms with Crippen molar-refractivity contribution in [2.75, 3.05) is 72.9 Å². The molecule has 2 N–H and O–H groups in total. The van der Waals surface area contributed by atoms with Gasteiger partial charge in [-0.1, -0.05) is 0 Å². The Bertz CT molecular complexity index is 582. The van der Waals surface area contributed by atoms with Gasteiger partial charge in [-0.25, -0.2) is 0 Å². The van der Waals surface area contributed by atoms with Crippen molar-refractivity contribution in [1.82, 2.24) is 0 Å². The molecule has 0 spiro atoms. The molecule has 0 fully saturated rings. The van der Waals surface area contributed by atoms with Gasteiger partial charge in [-0.2, -0.15) is 17.6 Å². The lowest BCUT2D eigenvalue weighted by molar-refractivity contribution is -0.396. The smallest absolute Gasteiger partial charge is 0.383 e. The molecule has 0 radical (unpaired) electrons. The molecule has 0 aliphatic heterocycles. The first-order valence-electron chi connectivity index (χ1n) is 10.3. The van der Waals surface area contributed by atoms with E-state index in [-0.39, 0.29) is 39.6 Å². The maximum absolute atomic E-state index is 13.5. The molecule has 0 heterocycles. The molecule has 0 aliphatic carbocycles. The van der Waals surface area contributed by atoms with Crippen LogP contribution >= 0.6 is 0 Å². The van der Waals surface area contributed by atoms with E-state index >= 15 is 0 Å². The molecule has 0 rings (SSSR count). The second kappa shape index (κ2) is 19.8. The van der Waals surface area contributed by atoms with Crippen molar-refractivity contribution in [3.8, 4) is 24.7 Å². The molecule has 0 saturated carbocycles. The normalized spacial score (nSPS) is 13.9. The highest BCUT2D eigenvalue weighted by Gasteiger charge is 2.44. The van der Waals surface area contributed by atoms with E-state index < -0.39 is 51.0 Å². The number of rotatable bonds is 23. The first-order valence-corrected chi connectivity index (χ1v) is 10.3. The third kappa shape index (κ3) is 21.0. The van der Waals surface area contributed by atoms with Crippen LogP contribution in [0.15, 0.2) is 0 Å². The van der Waals surface area contributed by atoms with Crippen molar-refractivity contribution in [3.63, 3.8) is 0 Å². The minimum atomic E-state index is -4.34. The topological polar surface area (TPSA) is 105 Å². The number of terminal acetylenes is 2. The van der Waals surface area contributed by atoms with Gasteiger partial charge in [0.1, 0.15) is 32.2 Å². The van der Waals surface area contributed by atoms with E-state index in [0.29, 0.717) is 19.4 Å². The van der Waals surface area contributed by atoms with Crippen LogP contribution < -0.4 is 0 Å². The third-order valence-corrected chi connectivity index (χ3v) is 3.40. The van der Waals surface area contributed by atoms with Gasteiger partial charge in [0, 0.05) is 12.8 Å². The number of aliphatic hydroxyl groups excluding tert-OH is 2. The van der Waals surface area contributed by atoms with Crippen LogP contribution in [0.4, 0.5) is 17.6 Å². The number of alkyl halides is 4. The predicted octanol–water partition coefficient (Wildman–Crippen LogP) is 1.01. The lowest BCUT2D eigenvalue weighted by atomic mass is 10.4. The standard InChI is InChI=1S/C21H32F4O9/c1-3-5-7-28-11-18(26)13-30-9-10-31-17-33-16-21(24,25)34-20(22,23)15-32-14-19(27)12-29-8-6-4-2/h1-2,18-19,26-27H,5-17H2. The Morgan fingerprint density at radius 2 is 1.03 bits per heavy atom. The molecule has 9 nitrogen and oxygen atoms in total. The van der Waals surface area contributed by atoms with Gasteiger partial charge in [0.25, 0.3) is 0 Å². The van der Waals surface area contributed by atoms with Crippen LogP contribution in [0, 0.1) is 24.7 Å². The van der Waals surface area contributed by atoms with Crippen molar-refractivity contribution in [2.45, 2.75) is 37.3 Å². The minimum Gasteiger partial charge on any atom is -0.388 e. The van der Waals surface area contributed by atoms with E-state index in [2.05, 4.69) is 26.1 Å². The van der Waals surface area contributed by atoms with Crippen molar-refractivity contribution < 1.29 is 60.9 Å². The first kappa shape index (κ1) is 32.5. The Hall–Kier alpha value is -1.52. The summed E-state index contributed by atoms with van der Waals surface area (Å²) in [5.41, 5.74) is 0. The van der Waals surface area contributed by atoms with Gasteiger partial charge in [0.05, 0.1) is 52.9 Å². The summed E-state index contributed by atoms with van der Waals surface area (Å²) < 4.78 is 86.5. The average molecular weight is 504 g/mol. The zero-order chi connectivity index (χ0) is 25.7. The summed E-state index contributed by atoms with van der Waals surface area (Å²) in [6.07, 6.45) is 0.00777. The molecule has 0 saturated heterocycles. The highest BCUT2D eigenvalue weighted by atomic mass is 19.3. The van der Waals surface area contributed by atoms with Crippen LogP contribution in [0.2, 0.25) is 0 Å². The van der Waals surface area contributed by atoms with Crippen molar-refractivity contribution >= 4 is 0 Å². The second-order valence-corrected chi connectivity index (χ2v) is 6.71. The molecule has 2 unspecified atom stereocenters. The van der Waals surface area contributed by atoms with E-state index in [0.717, 1.165) is 0 Å². The largest absolute Gasteiger partial charge is 0.388 e. The van der Waals surface area contributed by atoms with Crippen LogP contribution in [-0.4, -0.2) is 107 Å². The molecule has 0 aromatic heterocycles. The molecule has 0 aliphatic rings. The highest BCUT2D eigenvalue weighted by molar-refractivity contribution is 4.83. The van der Waals surface area contributed by atoms with Crippen molar-refractivity contribution in [1.29, 1.82) is 0 Å². The van der Waals surface area contributed by atoms with Crippen LogP contribution in [0.25, 0.3) is 0 Å². The van der Waals surface area contributed by atoms with Gasteiger partial charge in [-0.3, -0.25) is 4.74 Å². The van der Waals surface area contributed by atoms with Crippen molar-refractivity contribution in [3.05, 3.63) is 0 Å². The fourth-order valence-corrected chi connectivity index (χ4v) is 2.00.